The predicted octanol–water partition coefficient (Wildman–Crippen LogP) is 8.54. The fraction of sp³-hybridized carbons (Fsp3) is 0.267. The normalized spacial score (nSPS) is 16.5. The van der Waals surface area contributed by atoms with Crippen molar-refractivity contribution in [3.8, 4) is 11.1 Å². The van der Waals surface area contributed by atoms with E-state index in [1.807, 2.05) is 91.0 Å². The molecular formula is C45H48N4O6S. The highest BCUT2D eigenvalue weighted by Crippen LogP contribution is 2.40. The maximum atomic E-state index is 12.6. The van der Waals surface area contributed by atoms with Gasteiger partial charge in [0, 0.05) is 54.6 Å². The van der Waals surface area contributed by atoms with Crippen LogP contribution in [0.25, 0.3) is 11.1 Å². The van der Waals surface area contributed by atoms with Gasteiger partial charge in [-0.2, -0.15) is 0 Å². The minimum atomic E-state index is -0.577. The first-order valence-corrected chi connectivity index (χ1v) is 19.8. The van der Waals surface area contributed by atoms with Crippen molar-refractivity contribution in [1.29, 1.82) is 0 Å². The molecule has 6 N–H and O–H groups in total. The number of thioether (sulfide) groups is 1. The lowest BCUT2D eigenvalue weighted by Gasteiger charge is -2.36. The van der Waals surface area contributed by atoms with E-state index >= 15 is 0 Å². The van der Waals surface area contributed by atoms with Crippen LogP contribution in [-0.4, -0.2) is 34.7 Å². The number of nitrogen functional groups attached to an aromatic ring is 1. The average Bonchev–Trinajstić information content (AvgIpc) is 3.22. The van der Waals surface area contributed by atoms with Crippen LogP contribution in [0.15, 0.2) is 126 Å². The van der Waals surface area contributed by atoms with Gasteiger partial charge in [-0.3, -0.25) is 14.4 Å². The number of benzene rings is 5. The molecule has 1 aliphatic rings. The van der Waals surface area contributed by atoms with E-state index in [4.69, 9.17) is 15.2 Å². The Balaban J connectivity index is 1.03. The Kier molecular flexibility index (Phi) is 14.3. The lowest BCUT2D eigenvalue weighted by molar-refractivity contribution is -0.245. The number of aliphatic hydroxyl groups excluding tert-OH is 1. The molecule has 0 radical (unpaired) electrons. The fourth-order valence-corrected chi connectivity index (χ4v) is 7.35. The second-order valence-corrected chi connectivity index (χ2v) is 14.9. The number of nitrogens with one attached hydrogen (secondary N) is 3. The summed E-state index contributed by atoms with van der Waals surface area (Å²) in [6.07, 6.45) is 1.68. The van der Waals surface area contributed by atoms with E-state index in [0.29, 0.717) is 55.8 Å². The van der Waals surface area contributed by atoms with Gasteiger partial charge in [-0.15, -0.1) is 11.8 Å². The zero-order chi connectivity index (χ0) is 39.3. The molecule has 1 fully saturated rings. The number of amides is 3. The van der Waals surface area contributed by atoms with Crippen LogP contribution in [0, 0.1) is 0 Å². The van der Waals surface area contributed by atoms with Crippen LogP contribution in [0.3, 0.4) is 0 Å². The smallest absolute Gasteiger partial charge is 0.224 e. The number of unbranched alkanes of at least 4 members (excludes halogenated alkanes) is 1. The second kappa shape index (κ2) is 19.9. The van der Waals surface area contributed by atoms with Crippen molar-refractivity contribution in [1.82, 2.24) is 5.32 Å². The standard InChI is InChI=1S/C45H48N4O6S/c1-30(51)48-37-21-23-39(24-22-37)56-29-38-26-42(34-15-13-31(28-50)14-16-34)55-45(54-38)35-19-17-33(18-20-35)36-8-6-7-32(25-36)27-47-43(52)11-4-5-12-44(53)49-41-10-3-2-9-40(41)46/h2-3,6-10,13-25,38,42,45,50H,4-5,11-12,26-29,46H2,1H3,(H,47,52)(H,48,51)(H,49,53). The quantitative estimate of drug-likeness (QED) is 0.0380. The van der Waals surface area contributed by atoms with Crippen LogP contribution in [0.4, 0.5) is 17.1 Å². The van der Waals surface area contributed by atoms with Gasteiger partial charge in [-0.05, 0) is 83.1 Å². The molecule has 1 aliphatic heterocycles. The highest BCUT2D eigenvalue weighted by molar-refractivity contribution is 7.99. The van der Waals surface area contributed by atoms with Crippen LogP contribution >= 0.6 is 11.8 Å². The predicted molar refractivity (Wildman–Crippen MR) is 222 cm³/mol. The summed E-state index contributed by atoms with van der Waals surface area (Å²) in [5.41, 5.74) is 13.6. The summed E-state index contributed by atoms with van der Waals surface area (Å²) in [5.74, 6) is 0.434. The van der Waals surface area contributed by atoms with E-state index in [9.17, 15) is 19.5 Å². The Bertz CT molecular complexity index is 2070. The molecule has 0 spiro atoms. The molecule has 5 aromatic carbocycles. The number of hydrogen-bond donors (Lipinski definition) is 5. The second-order valence-electron chi connectivity index (χ2n) is 13.8. The van der Waals surface area contributed by atoms with Crippen LogP contribution in [0.2, 0.25) is 0 Å². The number of nitrogens with two attached hydrogens (primary N) is 1. The van der Waals surface area contributed by atoms with Gasteiger partial charge in [-0.1, -0.05) is 78.9 Å². The molecule has 1 heterocycles. The molecule has 11 heteroatoms. The van der Waals surface area contributed by atoms with Crippen molar-refractivity contribution in [2.24, 2.45) is 0 Å². The Labute approximate surface area is 332 Å². The molecule has 5 aromatic rings. The Hall–Kier alpha value is -5.46. The van der Waals surface area contributed by atoms with Gasteiger partial charge in [0.15, 0.2) is 6.29 Å². The molecule has 56 heavy (non-hydrogen) atoms. The van der Waals surface area contributed by atoms with Crippen LogP contribution in [-0.2, 0) is 37.0 Å². The summed E-state index contributed by atoms with van der Waals surface area (Å²) in [6, 6.07) is 39.1. The van der Waals surface area contributed by atoms with Crippen molar-refractivity contribution in [2.45, 2.75) is 75.6 Å². The number of para-hydroxylation sites is 2. The van der Waals surface area contributed by atoms with Crippen LogP contribution < -0.4 is 21.7 Å². The van der Waals surface area contributed by atoms with Gasteiger partial charge in [-0.25, -0.2) is 0 Å². The highest BCUT2D eigenvalue weighted by atomic mass is 32.2. The van der Waals surface area contributed by atoms with Gasteiger partial charge in [0.25, 0.3) is 0 Å². The SMILES string of the molecule is CC(=O)Nc1ccc(SCC2CC(c3ccc(CO)cc3)OC(c3ccc(-c4cccc(CNC(=O)CCCCC(=O)Nc5ccccc5N)c4)cc3)O2)cc1. The maximum Gasteiger partial charge on any atom is 0.224 e. The van der Waals surface area contributed by atoms with Gasteiger partial charge >= 0.3 is 0 Å². The largest absolute Gasteiger partial charge is 0.397 e. The highest BCUT2D eigenvalue weighted by Gasteiger charge is 2.32. The molecule has 6 rings (SSSR count). The zero-order valence-corrected chi connectivity index (χ0v) is 32.2. The minimum Gasteiger partial charge on any atom is -0.397 e. The van der Waals surface area contributed by atoms with Crippen LogP contribution in [0.5, 0.6) is 0 Å². The van der Waals surface area contributed by atoms with Crippen molar-refractivity contribution < 1.29 is 29.0 Å². The van der Waals surface area contributed by atoms with Crippen molar-refractivity contribution in [3.63, 3.8) is 0 Å². The molecule has 290 valence electrons. The lowest BCUT2D eigenvalue weighted by atomic mass is 9.99. The van der Waals surface area contributed by atoms with Gasteiger partial charge < -0.3 is 36.3 Å². The summed E-state index contributed by atoms with van der Waals surface area (Å²) in [4.78, 5) is 37.3. The monoisotopic (exact) mass is 772 g/mol. The maximum absolute atomic E-state index is 12.6. The lowest BCUT2D eigenvalue weighted by Crippen LogP contribution is -2.31. The average molecular weight is 773 g/mol. The first kappa shape index (κ1) is 40.2. The Morgan fingerprint density at radius 2 is 1.46 bits per heavy atom. The van der Waals surface area contributed by atoms with E-state index in [-0.39, 0.29) is 36.5 Å². The third kappa shape index (κ3) is 11.8. The third-order valence-corrected chi connectivity index (χ3v) is 10.6. The van der Waals surface area contributed by atoms with Crippen molar-refractivity contribution >= 4 is 46.5 Å². The molecule has 3 atom stereocenters. The number of aliphatic hydroxyl groups is 1. The van der Waals surface area contributed by atoms with Gasteiger partial charge in [0.2, 0.25) is 17.7 Å². The van der Waals surface area contributed by atoms with Gasteiger partial charge in [0.1, 0.15) is 0 Å². The first-order chi connectivity index (χ1) is 27.2. The number of carbonyl (C=O) groups excluding carboxylic acids is 3. The molecule has 0 saturated carbocycles. The Morgan fingerprint density at radius 1 is 0.750 bits per heavy atom. The summed E-state index contributed by atoms with van der Waals surface area (Å²) in [7, 11) is 0. The molecule has 0 aliphatic carbocycles. The molecule has 3 unspecified atom stereocenters. The molecule has 3 amide bonds. The molecule has 1 saturated heterocycles. The fourth-order valence-electron chi connectivity index (χ4n) is 6.43. The summed E-state index contributed by atoms with van der Waals surface area (Å²) in [6.45, 7) is 1.88. The molecule has 0 bridgehead atoms. The number of hydrogen-bond acceptors (Lipinski definition) is 8. The van der Waals surface area contributed by atoms with Crippen molar-refractivity contribution in [3.05, 3.63) is 144 Å². The van der Waals surface area contributed by atoms with E-state index in [1.165, 1.54) is 6.92 Å². The van der Waals surface area contributed by atoms with E-state index in [1.54, 1.807) is 23.9 Å². The van der Waals surface area contributed by atoms with Gasteiger partial charge in [0.05, 0.1) is 30.2 Å². The first-order valence-electron chi connectivity index (χ1n) is 18.8. The summed E-state index contributed by atoms with van der Waals surface area (Å²) >= 11 is 1.70. The Morgan fingerprint density at radius 3 is 2.18 bits per heavy atom. The topological polar surface area (TPSA) is 152 Å². The minimum absolute atomic E-state index is 0.0169. The molecular weight excluding hydrogens is 725 g/mol. The van der Waals surface area contributed by atoms with E-state index in [0.717, 1.165) is 44.0 Å². The summed E-state index contributed by atoms with van der Waals surface area (Å²) in [5, 5.41) is 18.2. The van der Waals surface area contributed by atoms with Crippen LogP contribution in [0.1, 0.15) is 73.7 Å². The van der Waals surface area contributed by atoms with Crippen molar-refractivity contribution in [2.75, 3.05) is 22.1 Å². The number of carbonyl (C=O) groups is 3. The number of ether oxygens (including phenoxy) is 2. The number of rotatable bonds is 16. The molecule has 10 nitrogen and oxygen atoms in total. The zero-order valence-electron chi connectivity index (χ0n) is 31.4. The third-order valence-electron chi connectivity index (χ3n) is 9.45. The summed E-state index contributed by atoms with van der Waals surface area (Å²) < 4.78 is 13.1. The van der Waals surface area contributed by atoms with E-state index in [2.05, 4.69) is 34.1 Å². The van der Waals surface area contributed by atoms with E-state index < -0.39 is 6.29 Å². The number of anilines is 3. The molecule has 0 aromatic heterocycles.